The van der Waals surface area contributed by atoms with Gasteiger partial charge in [-0.25, -0.2) is 0 Å². The van der Waals surface area contributed by atoms with E-state index in [0.717, 1.165) is 36.9 Å². The van der Waals surface area contributed by atoms with Gasteiger partial charge in [0, 0.05) is 13.1 Å². The summed E-state index contributed by atoms with van der Waals surface area (Å²) < 4.78 is 11.4. The summed E-state index contributed by atoms with van der Waals surface area (Å²) in [6.45, 7) is 8.02. The van der Waals surface area contributed by atoms with Gasteiger partial charge in [-0.1, -0.05) is 0 Å². The third-order valence-corrected chi connectivity index (χ3v) is 4.64. The maximum Gasteiger partial charge on any atom is 0.236 e. The van der Waals surface area contributed by atoms with Crippen molar-refractivity contribution in [2.45, 2.75) is 39.7 Å². The van der Waals surface area contributed by atoms with Crippen molar-refractivity contribution in [2.75, 3.05) is 32.8 Å². The molecule has 1 saturated carbocycles. The van der Waals surface area contributed by atoms with E-state index in [2.05, 4.69) is 11.4 Å². The van der Waals surface area contributed by atoms with Crippen LogP contribution in [0.3, 0.4) is 0 Å². The number of nitrogens with one attached hydrogen (secondary N) is 1. The predicted molar refractivity (Wildman–Crippen MR) is 93.5 cm³/mol. The molecule has 3 rings (SSSR count). The Morgan fingerprint density at radius 3 is 2.46 bits per heavy atom. The number of fused-ring (bicyclic) bond motifs is 1. The van der Waals surface area contributed by atoms with E-state index in [4.69, 9.17) is 9.47 Å². The first-order valence-electron chi connectivity index (χ1n) is 9.11. The molecule has 0 aromatic heterocycles. The summed E-state index contributed by atoms with van der Waals surface area (Å²) in [4.78, 5) is 14.3. The van der Waals surface area contributed by atoms with Crippen molar-refractivity contribution in [1.82, 2.24) is 10.2 Å². The molecule has 0 bridgehead atoms. The normalized spacial score (nSPS) is 16.7. The second kappa shape index (κ2) is 7.88. The van der Waals surface area contributed by atoms with Crippen LogP contribution in [0.2, 0.25) is 0 Å². The van der Waals surface area contributed by atoms with Gasteiger partial charge in [0.15, 0.2) is 11.5 Å². The van der Waals surface area contributed by atoms with Gasteiger partial charge in [0.2, 0.25) is 5.91 Å². The highest BCUT2D eigenvalue weighted by Gasteiger charge is 2.24. The van der Waals surface area contributed by atoms with Crippen LogP contribution in [0.25, 0.3) is 0 Å². The van der Waals surface area contributed by atoms with Crippen LogP contribution in [-0.2, 0) is 17.8 Å². The van der Waals surface area contributed by atoms with Crippen LogP contribution >= 0.6 is 0 Å². The quantitative estimate of drug-likeness (QED) is 0.794. The molecule has 1 aromatic rings. The first-order chi connectivity index (χ1) is 11.7. The van der Waals surface area contributed by atoms with E-state index in [-0.39, 0.29) is 5.91 Å². The summed E-state index contributed by atoms with van der Waals surface area (Å²) >= 11 is 0. The minimum absolute atomic E-state index is 0.188. The number of carbonyl (C=O) groups excluding carboxylic acids is 1. The predicted octanol–water partition coefficient (Wildman–Crippen LogP) is 2.37. The van der Waals surface area contributed by atoms with Crippen molar-refractivity contribution in [3.05, 3.63) is 23.3 Å². The Hall–Kier alpha value is -1.75. The zero-order valence-corrected chi connectivity index (χ0v) is 14.8. The highest BCUT2D eigenvalue weighted by molar-refractivity contribution is 5.78. The van der Waals surface area contributed by atoms with Gasteiger partial charge in [-0.2, -0.15) is 0 Å². The summed E-state index contributed by atoms with van der Waals surface area (Å²) in [7, 11) is 0. The molecule has 2 aliphatic rings. The Balaban J connectivity index is 1.64. The zero-order valence-electron chi connectivity index (χ0n) is 14.8. The van der Waals surface area contributed by atoms with Crippen molar-refractivity contribution in [1.29, 1.82) is 0 Å². The molecule has 1 aromatic carbocycles. The molecule has 0 saturated heterocycles. The molecule has 1 fully saturated rings. The lowest BCUT2D eigenvalue weighted by Gasteiger charge is -2.30. The topological polar surface area (TPSA) is 50.8 Å². The van der Waals surface area contributed by atoms with Crippen LogP contribution in [0, 0.1) is 5.92 Å². The van der Waals surface area contributed by atoms with Crippen molar-refractivity contribution in [3.63, 3.8) is 0 Å². The average Bonchev–Trinajstić information content (AvgIpc) is 3.39. The van der Waals surface area contributed by atoms with Gasteiger partial charge in [0.1, 0.15) is 0 Å². The Morgan fingerprint density at radius 1 is 1.17 bits per heavy atom. The van der Waals surface area contributed by atoms with Gasteiger partial charge >= 0.3 is 0 Å². The SMILES string of the molecule is CCOc1cc2c(cc1OCC)CN(C(=O)CNCC1CC1)CC2. The highest BCUT2D eigenvalue weighted by atomic mass is 16.5. The Morgan fingerprint density at radius 2 is 1.83 bits per heavy atom. The van der Waals surface area contributed by atoms with Gasteiger partial charge in [-0.15, -0.1) is 0 Å². The lowest BCUT2D eigenvalue weighted by Crippen LogP contribution is -2.41. The maximum absolute atomic E-state index is 12.4. The second-order valence-electron chi connectivity index (χ2n) is 6.57. The van der Waals surface area contributed by atoms with Crippen LogP contribution in [-0.4, -0.2) is 43.7 Å². The van der Waals surface area contributed by atoms with E-state index in [1.165, 1.54) is 24.0 Å². The summed E-state index contributed by atoms with van der Waals surface area (Å²) in [6, 6.07) is 4.12. The van der Waals surface area contributed by atoms with Crippen LogP contribution in [0.5, 0.6) is 11.5 Å². The first kappa shape index (κ1) is 17.1. The molecule has 1 aliphatic heterocycles. The molecule has 0 spiro atoms. The molecule has 5 nitrogen and oxygen atoms in total. The van der Waals surface area contributed by atoms with Gasteiger partial charge < -0.3 is 19.7 Å². The fourth-order valence-corrected chi connectivity index (χ4v) is 3.13. The van der Waals surface area contributed by atoms with E-state index in [0.29, 0.717) is 26.3 Å². The van der Waals surface area contributed by atoms with Crippen molar-refractivity contribution >= 4 is 5.91 Å². The van der Waals surface area contributed by atoms with E-state index in [9.17, 15) is 4.79 Å². The van der Waals surface area contributed by atoms with Crippen molar-refractivity contribution in [3.8, 4) is 11.5 Å². The van der Waals surface area contributed by atoms with Crippen LogP contribution in [0.1, 0.15) is 37.8 Å². The van der Waals surface area contributed by atoms with E-state index in [1.807, 2.05) is 24.8 Å². The number of rotatable bonds is 8. The Bertz CT molecular complexity index is 584. The molecular weight excluding hydrogens is 304 g/mol. The second-order valence-corrected chi connectivity index (χ2v) is 6.57. The number of benzene rings is 1. The van der Waals surface area contributed by atoms with Gasteiger partial charge in [0.05, 0.1) is 19.8 Å². The molecule has 0 unspecified atom stereocenters. The summed E-state index contributed by atoms with van der Waals surface area (Å²) in [5.41, 5.74) is 2.43. The van der Waals surface area contributed by atoms with Crippen molar-refractivity contribution < 1.29 is 14.3 Å². The summed E-state index contributed by atoms with van der Waals surface area (Å²) in [5, 5.41) is 3.29. The fraction of sp³-hybridized carbons (Fsp3) is 0.632. The standard InChI is InChI=1S/C19H28N2O3/c1-3-23-17-9-15-7-8-21(13-16(15)10-18(17)24-4-2)19(22)12-20-11-14-5-6-14/h9-10,14,20H,3-8,11-13H2,1-2H3. The van der Waals surface area contributed by atoms with E-state index in [1.54, 1.807) is 0 Å². The molecule has 5 heteroatoms. The van der Waals surface area contributed by atoms with Crippen molar-refractivity contribution in [2.24, 2.45) is 5.92 Å². The monoisotopic (exact) mass is 332 g/mol. The summed E-state index contributed by atoms with van der Waals surface area (Å²) in [6.07, 6.45) is 3.48. The number of amides is 1. The average molecular weight is 332 g/mol. The number of nitrogens with zero attached hydrogens (tertiary/aromatic N) is 1. The number of hydrogen-bond donors (Lipinski definition) is 1. The van der Waals surface area contributed by atoms with E-state index < -0.39 is 0 Å². The molecule has 1 aliphatic carbocycles. The van der Waals surface area contributed by atoms with Gasteiger partial charge in [-0.05, 0) is 68.8 Å². The smallest absolute Gasteiger partial charge is 0.236 e. The third kappa shape index (κ3) is 4.20. The molecule has 1 N–H and O–H groups in total. The molecule has 24 heavy (non-hydrogen) atoms. The van der Waals surface area contributed by atoms with Gasteiger partial charge in [0.25, 0.3) is 0 Å². The zero-order chi connectivity index (χ0) is 16.9. The largest absolute Gasteiger partial charge is 0.490 e. The third-order valence-electron chi connectivity index (χ3n) is 4.64. The number of carbonyl (C=O) groups is 1. The molecule has 132 valence electrons. The maximum atomic E-state index is 12.4. The number of hydrogen-bond acceptors (Lipinski definition) is 4. The van der Waals surface area contributed by atoms with Crippen LogP contribution in [0.15, 0.2) is 12.1 Å². The van der Waals surface area contributed by atoms with Crippen LogP contribution < -0.4 is 14.8 Å². The molecule has 0 radical (unpaired) electrons. The lowest BCUT2D eigenvalue weighted by atomic mass is 9.98. The minimum Gasteiger partial charge on any atom is -0.490 e. The van der Waals surface area contributed by atoms with Crippen LogP contribution in [0.4, 0.5) is 0 Å². The lowest BCUT2D eigenvalue weighted by molar-refractivity contribution is -0.131. The highest BCUT2D eigenvalue weighted by Crippen LogP contribution is 2.34. The Kier molecular flexibility index (Phi) is 5.61. The molecule has 0 atom stereocenters. The molecule has 1 amide bonds. The fourth-order valence-electron chi connectivity index (χ4n) is 3.13. The number of ether oxygens (including phenoxy) is 2. The Labute approximate surface area is 144 Å². The molecule has 1 heterocycles. The minimum atomic E-state index is 0.188. The molecular formula is C19H28N2O3. The first-order valence-corrected chi connectivity index (χ1v) is 9.11. The van der Waals surface area contributed by atoms with Gasteiger partial charge in [-0.3, -0.25) is 4.79 Å². The summed E-state index contributed by atoms with van der Waals surface area (Å²) in [5.74, 6) is 2.57. The van der Waals surface area contributed by atoms with E-state index >= 15 is 0 Å².